The van der Waals surface area contributed by atoms with Gasteiger partial charge in [-0.1, -0.05) is 18.2 Å². The molecule has 4 amide bonds. The summed E-state index contributed by atoms with van der Waals surface area (Å²) in [5.74, 6) is -0.927. The highest BCUT2D eigenvalue weighted by Gasteiger charge is 2.41. The maximum Gasteiger partial charge on any atom is 0.573 e. The Bertz CT molecular complexity index is 1040. The van der Waals surface area contributed by atoms with Crippen molar-refractivity contribution in [1.29, 1.82) is 0 Å². The van der Waals surface area contributed by atoms with E-state index in [-0.39, 0.29) is 42.7 Å². The number of nitrogens with one attached hydrogen (secondary N) is 1. The number of para-hydroxylation sites is 1. The van der Waals surface area contributed by atoms with Gasteiger partial charge in [0, 0.05) is 24.8 Å². The second-order valence-electron chi connectivity index (χ2n) is 8.10. The first kappa shape index (κ1) is 23.6. The zero-order chi connectivity index (χ0) is 24.3. The molecule has 0 bridgehead atoms. The monoisotopic (exact) mass is 476 g/mol. The van der Waals surface area contributed by atoms with Crippen LogP contribution in [0, 0.1) is 0 Å². The lowest BCUT2D eigenvalue weighted by Gasteiger charge is -2.35. The Labute approximate surface area is 193 Å². The molecule has 0 saturated carbocycles. The number of piperidine rings is 1. The number of halogens is 3. The maximum atomic E-state index is 12.9. The number of hydrogen-bond acceptors (Lipinski definition) is 5. The molecule has 2 aliphatic rings. The molecule has 4 rings (SSSR count). The molecule has 2 aliphatic heterocycles. The highest BCUT2D eigenvalue weighted by Crippen LogP contribution is 2.27. The summed E-state index contributed by atoms with van der Waals surface area (Å²) in [4.78, 5) is 42.4. The van der Waals surface area contributed by atoms with Crippen LogP contribution in [0.1, 0.15) is 12.8 Å². The van der Waals surface area contributed by atoms with Gasteiger partial charge in [-0.05, 0) is 49.2 Å². The first-order valence-electron chi connectivity index (χ1n) is 10.8. The Balaban J connectivity index is 1.25. The molecule has 2 fully saturated rings. The Morgan fingerprint density at radius 2 is 1.65 bits per heavy atom. The summed E-state index contributed by atoms with van der Waals surface area (Å²) in [6.07, 6.45) is -3.53. The van der Waals surface area contributed by atoms with Crippen molar-refractivity contribution in [2.45, 2.75) is 25.2 Å². The largest absolute Gasteiger partial charge is 0.573 e. The van der Waals surface area contributed by atoms with E-state index in [0.717, 1.165) is 12.1 Å². The number of amides is 4. The molecule has 2 heterocycles. The number of urea groups is 1. The van der Waals surface area contributed by atoms with Crippen LogP contribution >= 0.6 is 0 Å². The van der Waals surface area contributed by atoms with Crippen molar-refractivity contribution in [2.24, 2.45) is 0 Å². The van der Waals surface area contributed by atoms with Crippen LogP contribution in [0.5, 0.6) is 5.75 Å². The number of imide groups is 1. The van der Waals surface area contributed by atoms with Crippen molar-refractivity contribution >= 4 is 29.2 Å². The zero-order valence-corrected chi connectivity index (χ0v) is 18.1. The lowest BCUT2D eigenvalue weighted by Crippen LogP contribution is -2.48. The predicted octanol–water partition coefficient (Wildman–Crippen LogP) is 3.46. The fraction of sp³-hybridized carbons (Fsp3) is 0.348. The molecule has 1 N–H and O–H groups in total. The number of carbonyl (C=O) groups is 3. The average Bonchev–Trinajstić information content (AvgIpc) is 3.09. The van der Waals surface area contributed by atoms with E-state index in [1.807, 2.05) is 11.0 Å². The number of nitrogens with zero attached hydrogens (tertiary/aromatic N) is 3. The topological polar surface area (TPSA) is 82.2 Å². The Morgan fingerprint density at radius 3 is 2.26 bits per heavy atom. The molecule has 8 nitrogen and oxygen atoms in total. The highest BCUT2D eigenvalue weighted by molar-refractivity contribution is 6.19. The molecule has 0 unspecified atom stereocenters. The summed E-state index contributed by atoms with van der Waals surface area (Å²) in [7, 11) is 0. The average molecular weight is 476 g/mol. The molecule has 34 heavy (non-hydrogen) atoms. The van der Waals surface area contributed by atoms with Gasteiger partial charge in [0.1, 0.15) is 12.3 Å². The van der Waals surface area contributed by atoms with Gasteiger partial charge < -0.3 is 15.0 Å². The Kier molecular flexibility index (Phi) is 6.73. The van der Waals surface area contributed by atoms with Crippen LogP contribution in [0.4, 0.5) is 29.3 Å². The van der Waals surface area contributed by atoms with Gasteiger partial charge in [0.15, 0.2) is 0 Å². The van der Waals surface area contributed by atoms with E-state index >= 15 is 0 Å². The van der Waals surface area contributed by atoms with Crippen molar-refractivity contribution in [3.05, 3.63) is 54.6 Å². The summed E-state index contributed by atoms with van der Waals surface area (Å²) in [6, 6.07) is 13.3. The molecule has 2 aromatic rings. The van der Waals surface area contributed by atoms with Gasteiger partial charge in [-0.3, -0.25) is 14.5 Å². The van der Waals surface area contributed by atoms with Gasteiger partial charge in [-0.2, -0.15) is 0 Å². The second-order valence-corrected chi connectivity index (χ2v) is 8.10. The molecule has 0 atom stereocenters. The molecule has 2 saturated heterocycles. The van der Waals surface area contributed by atoms with E-state index in [1.165, 1.54) is 17.0 Å². The minimum Gasteiger partial charge on any atom is -0.406 e. The van der Waals surface area contributed by atoms with Crippen molar-refractivity contribution in [1.82, 2.24) is 9.80 Å². The van der Waals surface area contributed by atoms with Gasteiger partial charge in [-0.25, -0.2) is 9.69 Å². The molecule has 0 aromatic heterocycles. The third-order valence-electron chi connectivity index (χ3n) is 5.74. The number of carbonyl (C=O) groups excluding carboxylic acids is 3. The minimum absolute atomic E-state index is 0.0347. The molecule has 0 spiro atoms. The number of benzene rings is 2. The van der Waals surface area contributed by atoms with Crippen LogP contribution in [0.2, 0.25) is 0 Å². The van der Waals surface area contributed by atoms with Gasteiger partial charge >= 0.3 is 12.4 Å². The van der Waals surface area contributed by atoms with Crippen LogP contribution in [0.15, 0.2) is 54.6 Å². The lowest BCUT2D eigenvalue weighted by molar-refractivity contribution is -0.274. The third kappa shape index (κ3) is 5.66. The molecular formula is C23H23F3N4O4. The number of likely N-dealkylation sites (tertiary alicyclic amines) is 1. The number of anilines is 2. The summed E-state index contributed by atoms with van der Waals surface area (Å²) >= 11 is 0. The van der Waals surface area contributed by atoms with Gasteiger partial charge in [0.05, 0.1) is 12.2 Å². The first-order valence-corrected chi connectivity index (χ1v) is 10.8. The van der Waals surface area contributed by atoms with Crippen molar-refractivity contribution < 1.29 is 32.3 Å². The Morgan fingerprint density at radius 1 is 1.00 bits per heavy atom. The molecule has 0 radical (unpaired) electrons. The zero-order valence-electron chi connectivity index (χ0n) is 18.1. The van der Waals surface area contributed by atoms with Gasteiger partial charge in [0.2, 0.25) is 5.91 Å². The molecule has 0 aliphatic carbocycles. The normalized spacial score (nSPS) is 17.9. The maximum absolute atomic E-state index is 12.9. The van der Waals surface area contributed by atoms with E-state index in [4.69, 9.17) is 0 Å². The lowest BCUT2D eigenvalue weighted by atomic mass is 10.0. The van der Waals surface area contributed by atoms with E-state index in [0.29, 0.717) is 37.3 Å². The summed E-state index contributed by atoms with van der Waals surface area (Å²) in [5.41, 5.74) is 0.906. The molecule has 2 aromatic carbocycles. The highest BCUT2D eigenvalue weighted by atomic mass is 19.4. The van der Waals surface area contributed by atoms with Crippen LogP contribution in [0.3, 0.4) is 0 Å². The smallest absolute Gasteiger partial charge is 0.406 e. The fourth-order valence-corrected chi connectivity index (χ4v) is 4.17. The van der Waals surface area contributed by atoms with Crippen molar-refractivity contribution in [3.8, 4) is 5.75 Å². The van der Waals surface area contributed by atoms with Crippen LogP contribution in [-0.2, 0) is 9.59 Å². The van der Waals surface area contributed by atoms with Crippen LogP contribution < -0.4 is 15.0 Å². The SMILES string of the molecule is O=C(CN1CCC(N2CC(=O)N(c3ccccc3)C2=O)CC1)Nc1ccc(OC(F)(F)F)cc1. The van der Waals surface area contributed by atoms with E-state index < -0.39 is 6.36 Å². The van der Waals surface area contributed by atoms with Gasteiger partial charge in [0.25, 0.3) is 5.91 Å². The number of hydrogen-bond donors (Lipinski definition) is 1. The standard InChI is InChI=1S/C23H23F3N4O4/c24-23(25,26)34-19-8-6-16(7-9-19)27-20(31)14-28-12-10-17(11-13-28)29-15-21(32)30(22(29)33)18-4-2-1-3-5-18/h1-9,17H,10-15H2,(H,27,31). The van der Waals surface area contributed by atoms with Crippen LogP contribution in [0.25, 0.3) is 0 Å². The molecule has 180 valence electrons. The van der Waals surface area contributed by atoms with E-state index in [9.17, 15) is 27.6 Å². The van der Waals surface area contributed by atoms with Crippen LogP contribution in [-0.4, -0.2) is 66.2 Å². The quantitative estimate of drug-likeness (QED) is 0.646. The molecular weight excluding hydrogens is 453 g/mol. The molecule has 11 heteroatoms. The summed E-state index contributed by atoms with van der Waals surface area (Å²) < 4.78 is 40.5. The number of alkyl halides is 3. The van der Waals surface area contributed by atoms with Crippen molar-refractivity contribution in [2.75, 3.05) is 36.4 Å². The Hall–Kier alpha value is -3.60. The minimum atomic E-state index is -4.77. The summed E-state index contributed by atoms with van der Waals surface area (Å²) in [6.45, 7) is 1.28. The second kappa shape index (κ2) is 9.72. The predicted molar refractivity (Wildman–Crippen MR) is 117 cm³/mol. The number of ether oxygens (including phenoxy) is 1. The first-order chi connectivity index (χ1) is 16.2. The van der Waals surface area contributed by atoms with E-state index in [1.54, 1.807) is 29.2 Å². The number of rotatable bonds is 6. The van der Waals surface area contributed by atoms with E-state index in [2.05, 4.69) is 10.1 Å². The fourth-order valence-electron chi connectivity index (χ4n) is 4.17. The summed E-state index contributed by atoms with van der Waals surface area (Å²) in [5, 5.41) is 2.65. The van der Waals surface area contributed by atoms with Gasteiger partial charge in [-0.15, -0.1) is 13.2 Å². The third-order valence-corrected chi connectivity index (χ3v) is 5.74. The van der Waals surface area contributed by atoms with Crippen molar-refractivity contribution in [3.63, 3.8) is 0 Å².